The first-order chi connectivity index (χ1) is 6.75. The maximum Gasteiger partial charge on any atom is 0.214 e. The quantitative estimate of drug-likeness (QED) is 0.782. The Bertz CT molecular complexity index is 321. The van der Waals surface area contributed by atoms with Crippen LogP contribution in [0.25, 0.3) is 0 Å². The molecule has 1 fully saturated rings. The standard InChI is InChI=1S/C11H14INO/c1-8-7-13-11(6-10(8)12)14-9-4-2-3-5-9/h6-7,9H,2-5H2,1H3. The lowest BCUT2D eigenvalue weighted by atomic mass is 10.3. The summed E-state index contributed by atoms with van der Waals surface area (Å²) in [4.78, 5) is 4.28. The van der Waals surface area contributed by atoms with Crippen LogP contribution in [0.2, 0.25) is 0 Å². The minimum Gasteiger partial charge on any atom is -0.474 e. The van der Waals surface area contributed by atoms with E-state index in [1.807, 2.05) is 12.3 Å². The van der Waals surface area contributed by atoms with Gasteiger partial charge in [-0.2, -0.15) is 0 Å². The smallest absolute Gasteiger partial charge is 0.214 e. The zero-order valence-electron chi connectivity index (χ0n) is 8.29. The Balaban J connectivity index is 2.05. The van der Waals surface area contributed by atoms with Crippen molar-refractivity contribution in [1.29, 1.82) is 0 Å². The fourth-order valence-corrected chi connectivity index (χ4v) is 2.13. The number of hydrogen-bond donors (Lipinski definition) is 0. The van der Waals surface area contributed by atoms with E-state index in [4.69, 9.17) is 4.74 Å². The lowest BCUT2D eigenvalue weighted by Gasteiger charge is -2.12. The summed E-state index contributed by atoms with van der Waals surface area (Å²) >= 11 is 2.32. The average Bonchev–Trinajstić information content (AvgIpc) is 2.64. The van der Waals surface area contributed by atoms with E-state index >= 15 is 0 Å². The number of nitrogens with zero attached hydrogens (tertiary/aromatic N) is 1. The molecule has 2 rings (SSSR count). The molecule has 0 unspecified atom stereocenters. The molecule has 3 heteroatoms. The van der Waals surface area contributed by atoms with Crippen LogP contribution < -0.4 is 4.74 Å². The Labute approximate surface area is 98.2 Å². The van der Waals surface area contributed by atoms with E-state index in [0.29, 0.717) is 6.10 Å². The van der Waals surface area contributed by atoms with Gasteiger partial charge in [-0.05, 0) is 60.8 Å². The molecule has 1 aromatic rings. The SMILES string of the molecule is Cc1cnc(OC2CCCC2)cc1I. The van der Waals surface area contributed by atoms with E-state index in [0.717, 1.165) is 5.88 Å². The van der Waals surface area contributed by atoms with Crippen LogP contribution in [0.5, 0.6) is 5.88 Å². The molecule has 0 bridgehead atoms. The number of aryl methyl sites for hydroxylation is 1. The van der Waals surface area contributed by atoms with Crippen molar-refractivity contribution in [2.75, 3.05) is 0 Å². The normalized spacial score (nSPS) is 17.3. The minimum absolute atomic E-state index is 0.404. The van der Waals surface area contributed by atoms with E-state index in [-0.39, 0.29) is 0 Å². The highest BCUT2D eigenvalue weighted by Crippen LogP contribution is 2.24. The van der Waals surface area contributed by atoms with Crippen molar-refractivity contribution in [2.24, 2.45) is 0 Å². The lowest BCUT2D eigenvalue weighted by Crippen LogP contribution is -2.11. The van der Waals surface area contributed by atoms with E-state index in [1.54, 1.807) is 0 Å². The molecule has 0 atom stereocenters. The first-order valence-corrected chi connectivity index (χ1v) is 6.12. The molecule has 14 heavy (non-hydrogen) atoms. The maximum absolute atomic E-state index is 5.80. The van der Waals surface area contributed by atoms with Crippen LogP contribution in [-0.4, -0.2) is 11.1 Å². The molecule has 1 heterocycles. The van der Waals surface area contributed by atoms with Crippen molar-refractivity contribution < 1.29 is 4.74 Å². The summed E-state index contributed by atoms with van der Waals surface area (Å²) in [6, 6.07) is 2.02. The second kappa shape index (κ2) is 4.47. The van der Waals surface area contributed by atoms with Gasteiger partial charge in [-0.1, -0.05) is 0 Å². The highest BCUT2D eigenvalue weighted by molar-refractivity contribution is 14.1. The van der Waals surface area contributed by atoms with Crippen LogP contribution in [0, 0.1) is 10.5 Å². The molecule has 76 valence electrons. The van der Waals surface area contributed by atoms with Crippen LogP contribution in [0.1, 0.15) is 31.2 Å². The highest BCUT2D eigenvalue weighted by atomic mass is 127. The molecule has 1 aliphatic carbocycles. The molecule has 0 saturated heterocycles. The molecule has 1 saturated carbocycles. The summed E-state index contributed by atoms with van der Waals surface area (Å²) in [6.45, 7) is 2.06. The Kier molecular flexibility index (Phi) is 3.26. The van der Waals surface area contributed by atoms with Gasteiger partial charge in [0.1, 0.15) is 6.10 Å². The van der Waals surface area contributed by atoms with Crippen molar-refractivity contribution in [3.05, 3.63) is 21.4 Å². The van der Waals surface area contributed by atoms with Gasteiger partial charge in [0, 0.05) is 15.8 Å². The summed E-state index contributed by atoms with van der Waals surface area (Å²) in [6.07, 6.45) is 7.26. The van der Waals surface area contributed by atoms with Gasteiger partial charge in [0.05, 0.1) is 0 Å². The van der Waals surface area contributed by atoms with E-state index < -0.39 is 0 Å². The summed E-state index contributed by atoms with van der Waals surface area (Å²) in [7, 11) is 0. The van der Waals surface area contributed by atoms with Gasteiger partial charge in [0.15, 0.2) is 0 Å². The predicted octanol–water partition coefficient (Wildman–Crippen LogP) is 3.32. The average molecular weight is 303 g/mol. The van der Waals surface area contributed by atoms with Gasteiger partial charge in [0.25, 0.3) is 0 Å². The number of halogens is 1. The highest BCUT2D eigenvalue weighted by Gasteiger charge is 2.17. The van der Waals surface area contributed by atoms with Crippen LogP contribution in [0.15, 0.2) is 12.3 Å². The minimum atomic E-state index is 0.404. The first kappa shape index (κ1) is 10.2. The Morgan fingerprint density at radius 1 is 1.43 bits per heavy atom. The largest absolute Gasteiger partial charge is 0.474 e. The van der Waals surface area contributed by atoms with E-state index in [9.17, 15) is 0 Å². The molecule has 0 radical (unpaired) electrons. The zero-order valence-corrected chi connectivity index (χ0v) is 10.5. The Morgan fingerprint density at radius 3 is 2.79 bits per heavy atom. The molecule has 0 amide bonds. The third kappa shape index (κ3) is 2.38. The van der Waals surface area contributed by atoms with Crippen molar-refractivity contribution in [3.63, 3.8) is 0 Å². The number of aromatic nitrogens is 1. The molecule has 0 aliphatic heterocycles. The van der Waals surface area contributed by atoms with Gasteiger partial charge >= 0.3 is 0 Å². The van der Waals surface area contributed by atoms with Crippen molar-refractivity contribution >= 4 is 22.6 Å². The third-order valence-corrected chi connectivity index (χ3v) is 3.76. The summed E-state index contributed by atoms with van der Waals surface area (Å²) in [5.74, 6) is 0.784. The summed E-state index contributed by atoms with van der Waals surface area (Å²) < 4.78 is 7.02. The van der Waals surface area contributed by atoms with Gasteiger partial charge in [-0.15, -0.1) is 0 Å². The molecule has 0 aromatic carbocycles. The third-order valence-electron chi connectivity index (χ3n) is 2.60. The van der Waals surface area contributed by atoms with Crippen molar-refractivity contribution in [2.45, 2.75) is 38.7 Å². The zero-order chi connectivity index (χ0) is 9.97. The Morgan fingerprint density at radius 2 is 2.14 bits per heavy atom. The molecule has 2 nitrogen and oxygen atoms in total. The second-order valence-corrected chi connectivity index (χ2v) is 4.96. The molecular formula is C11H14INO. The van der Waals surface area contributed by atoms with Crippen molar-refractivity contribution in [1.82, 2.24) is 4.98 Å². The second-order valence-electron chi connectivity index (χ2n) is 3.80. The van der Waals surface area contributed by atoms with Crippen LogP contribution in [-0.2, 0) is 0 Å². The number of ether oxygens (including phenoxy) is 1. The maximum atomic E-state index is 5.80. The van der Waals surface area contributed by atoms with E-state index in [2.05, 4.69) is 34.5 Å². The molecule has 1 aliphatic rings. The van der Waals surface area contributed by atoms with Crippen molar-refractivity contribution in [3.8, 4) is 5.88 Å². The van der Waals surface area contributed by atoms with Gasteiger partial charge in [-0.25, -0.2) is 4.98 Å². The van der Waals surface area contributed by atoms with Crippen LogP contribution in [0.3, 0.4) is 0 Å². The first-order valence-electron chi connectivity index (χ1n) is 5.04. The topological polar surface area (TPSA) is 22.1 Å². The van der Waals surface area contributed by atoms with Gasteiger partial charge in [-0.3, -0.25) is 0 Å². The van der Waals surface area contributed by atoms with Gasteiger partial charge < -0.3 is 4.74 Å². The van der Waals surface area contributed by atoms with Crippen LogP contribution >= 0.6 is 22.6 Å². The fraction of sp³-hybridized carbons (Fsp3) is 0.545. The molecule has 0 spiro atoms. The molecule has 0 N–H and O–H groups in total. The predicted molar refractivity (Wildman–Crippen MR) is 64.6 cm³/mol. The number of pyridine rings is 1. The summed E-state index contributed by atoms with van der Waals surface area (Å²) in [5, 5.41) is 0. The van der Waals surface area contributed by atoms with E-state index in [1.165, 1.54) is 34.8 Å². The lowest BCUT2D eigenvalue weighted by molar-refractivity contribution is 0.201. The molecular weight excluding hydrogens is 289 g/mol. The summed E-state index contributed by atoms with van der Waals surface area (Å²) in [5.41, 5.74) is 1.21. The van der Waals surface area contributed by atoms with Crippen LogP contribution in [0.4, 0.5) is 0 Å². The monoisotopic (exact) mass is 303 g/mol. The fourth-order valence-electron chi connectivity index (χ4n) is 1.72. The number of rotatable bonds is 2. The number of hydrogen-bond acceptors (Lipinski definition) is 2. The Hall–Kier alpha value is -0.320. The van der Waals surface area contributed by atoms with Gasteiger partial charge in [0.2, 0.25) is 5.88 Å². The molecule has 1 aromatic heterocycles.